The molecule has 0 amide bonds. The summed E-state index contributed by atoms with van der Waals surface area (Å²) in [5.41, 5.74) is 0.645. The van der Waals surface area contributed by atoms with Crippen LogP contribution in [0.1, 0.15) is 11.6 Å². The van der Waals surface area contributed by atoms with Gasteiger partial charge in [-0.1, -0.05) is 30.3 Å². The lowest BCUT2D eigenvalue weighted by Crippen LogP contribution is -2.24. The van der Waals surface area contributed by atoms with Crippen molar-refractivity contribution in [3.05, 3.63) is 64.4 Å². The summed E-state index contributed by atoms with van der Waals surface area (Å²) in [6.07, 6.45) is 0. The molecule has 0 bridgehead atoms. The number of aliphatic hydroxyl groups is 1. The highest BCUT2D eigenvalue weighted by atomic mass is 32.2. The van der Waals surface area contributed by atoms with Crippen molar-refractivity contribution in [3.8, 4) is 0 Å². The Kier molecular flexibility index (Phi) is 4.12. The van der Waals surface area contributed by atoms with Crippen LogP contribution >= 0.6 is 0 Å². The Morgan fingerprint density at radius 1 is 1.30 bits per heavy atom. The molecule has 2 atom stereocenters. The number of aromatic nitrogens is 1. The molecule has 1 heterocycles. The number of halogens is 1. The van der Waals surface area contributed by atoms with Gasteiger partial charge < -0.3 is 14.1 Å². The van der Waals surface area contributed by atoms with Crippen molar-refractivity contribution >= 4 is 22.2 Å². The van der Waals surface area contributed by atoms with E-state index in [4.69, 9.17) is 4.42 Å². The molecule has 23 heavy (non-hydrogen) atoms. The summed E-state index contributed by atoms with van der Waals surface area (Å²) in [6, 6.07) is 9.78. The zero-order valence-corrected chi connectivity index (χ0v) is 12.5. The second-order valence-corrected chi connectivity index (χ2v) is 5.74. The molecule has 1 aromatic heterocycles. The smallest absolute Gasteiger partial charge is 0.420 e. The Hall–Kier alpha value is -2.29. The maximum Gasteiger partial charge on any atom is 0.420 e. The van der Waals surface area contributed by atoms with E-state index in [2.05, 4.69) is 0 Å². The van der Waals surface area contributed by atoms with Crippen molar-refractivity contribution in [2.45, 2.75) is 10.9 Å². The van der Waals surface area contributed by atoms with E-state index in [-0.39, 0.29) is 11.1 Å². The monoisotopic (exact) mass is 336 g/mol. The van der Waals surface area contributed by atoms with Gasteiger partial charge in [-0.25, -0.2) is 9.18 Å². The van der Waals surface area contributed by atoms with Crippen LogP contribution in [-0.2, 0) is 11.1 Å². The number of aliphatic hydroxyl groups excluding tert-OH is 1. The summed E-state index contributed by atoms with van der Waals surface area (Å²) in [6.45, 7) is -0.407. The number of hydrogen-bond donors (Lipinski definition) is 1. The third-order valence-corrected chi connectivity index (χ3v) is 4.19. The molecule has 1 unspecified atom stereocenters. The lowest BCUT2D eigenvalue weighted by Gasteiger charge is -2.16. The first-order chi connectivity index (χ1) is 11.0. The summed E-state index contributed by atoms with van der Waals surface area (Å²) in [4.78, 5) is 11.5. The van der Waals surface area contributed by atoms with Crippen LogP contribution in [-0.4, -0.2) is 25.0 Å². The zero-order valence-electron chi connectivity index (χ0n) is 11.6. The lowest BCUT2D eigenvalue weighted by molar-refractivity contribution is 0.245. The molecule has 0 saturated heterocycles. The van der Waals surface area contributed by atoms with Gasteiger partial charge in [0.25, 0.3) is 0 Å². The van der Waals surface area contributed by atoms with Crippen molar-refractivity contribution in [2.75, 3.05) is 6.61 Å². The molecule has 0 saturated carbocycles. The minimum absolute atomic E-state index is 0.0648. The molecule has 0 aliphatic carbocycles. The van der Waals surface area contributed by atoms with Crippen LogP contribution in [0.2, 0.25) is 0 Å². The van der Waals surface area contributed by atoms with Crippen molar-refractivity contribution < 1.29 is 22.7 Å². The summed E-state index contributed by atoms with van der Waals surface area (Å²) in [5, 5.41) is 9.65. The van der Waals surface area contributed by atoms with E-state index in [0.717, 1.165) is 16.7 Å². The Balaban J connectivity index is 2.25. The zero-order chi connectivity index (χ0) is 16.6. The third kappa shape index (κ3) is 2.72. The molecule has 1 N–H and O–H groups in total. The second kappa shape index (κ2) is 6.07. The van der Waals surface area contributed by atoms with Crippen LogP contribution in [0.3, 0.4) is 0 Å². The summed E-state index contributed by atoms with van der Waals surface area (Å²) in [5.74, 6) is -1.80. The summed E-state index contributed by atoms with van der Waals surface area (Å²) in [7, 11) is 0. The van der Waals surface area contributed by atoms with E-state index in [9.17, 15) is 23.1 Å². The van der Waals surface area contributed by atoms with Crippen molar-refractivity contribution in [1.29, 1.82) is 0 Å². The Labute approximate surface area is 132 Å². The van der Waals surface area contributed by atoms with Gasteiger partial charge in [-0.05, 0) is 16.6 Å². The van der Waals surface area contributed by atoms with Gasteiger partial charge in [0.1, 0.15) is 5.82 Å². The maximum absolute atomic E-state index is 13.9. The number of fused-ring (bicyclic) bond motifs is 1. The third-order valence-electron chi connectivity index (χ3n) is 3.52. The standard InChI is InChI=1S/C15H12FNO5S/c16-10-6-11-13(7-14(10)23(20)21)22-15(19)17(11)12(8-18)9-4-2-1-3-5-9/h1-7,12,18H,8H2,(H,20,21)/p-1/t12-/m1/s1. The first-order valence-electron chi connectivity index (χ1n) is 6.62. The molecule has 8 heteroatoms. The fourth-order valence-electron chi connectivity index (χ4n) is 2.47. The van der Waals surface area contributed by atoms with Gasteiger partial charge in [0.05, 0.1) is 23.1 Å². The maximum atomic E-state index is 13.9. The quantitative estimate of drug-likeness (QED) is 0.729. The largest absolute Gasteiger partial charge is 0.768 e. The highest BCUT2D eigenvalue weighted by Crippen LogP contribution is 2.25. The number of nitrogens with zero attached hydrogens (tertiary/aromatic N) is 1. The normalized spacial score (nSPS) is 14.0. The van der Waals surface area contributed by atoms with E-state index < -0.39 is 40.2 Å². The van der Waals surface area contributed by atoms with E-state index in [1.165, 1.54) is 0 Å². The molecule has 120 valence electrons. The average molecular weight is 336 g/mol. The van der Waals surface area contributed by atoms with Gasteiger partial charge in [-0.2, -0.15) is 0 Å². The predicted molar refractivity (Wildman–Crippen MR) is 79.3 cm³/mol. The van der Waals surface area contributed by atoms with E-state index in [1.807, 2.05) is 0 Å². The lowest BCUT2D eigenvalue weighted by atomic mass is 10.1. The van der Waals surface area contributed by atoms with Crippen LogP contribution in [0.5, 0.6) is 0 Å². The van der Waals surface area contributed by atoms with Crippen LogP contribution in [0.4, 0.5) is 4.39 Å². The number of hydrogen-bond acceptors (Lipinski definition) is 5. The minimum atomic E-state index is -2.79. The molecule has 3 rings (SSSR count). The van der Waals surface area contributed by atoms with Gasteiger partial charge in [0.2, 0.25) is 0 Å². The fourth-order valence-corrected chi connectivity index (χ4v) is 2.89. The Morgan fingerprint density at radius 3 is 2.61 bits per heavy atom. The molecule has 0 radical (unpaired) electrons. The average Bonchev–Trinajstić information content (AvgIpc) is 2.84. The number of benzene rings is 2. The molecule has 0 spiro atoms. The molecule has 0 fully saturated rings. The van der Waals surface area contributed by atoms with Crippen LogP contribution < -0.4 is 5.76 Å². The molecule has 3 aromatic rings. The molecular formula is C15H11FNO5S-. The summed E-state index contributed by atoms with van der Waals surface area (Å²) < 4.78 is 41.9. The fraction of sp³-hybridized carbons (Fsp3) is 0.133. The molecule has 0 aliphatic rings. The van der Waals surface area contributed by atoms with Gasteiger partial charge in [0, 0.05) is 12.1 Å². The van der Waals surface area contributed by atoms with Gasteiger partial charge >= 0.3 is 5.76 Å². The highest BCUT2D eigenvalue weighted by molar-refractivity contribution is 7.79. The van der Waals surface area contributed by atoms with Crippen LogP contribution in [0, 0.1) is 5.82 Å². The van der Waals surface area contributed by atoms with Crippen LogP contribution in [0.25, 0.3) is 11.1 Å². The number of rotatable bonds is 4. The first kappa shape index (κ1) is 15.6. The van der Waals surface area contributed by atoms with E-state index in [0.29, 0.717) is 5.56 Å². The topological polar surface area (TPSA) is 95.5 Å². The Bertz CT molecular complexity index is 934. The molecular weight excluding hydrogens is 325 g/mol. The Morgan fingerprint density at radius 2 is 2.00 bits per heavy atom. The van der Waals surface area contributed by atoms with Crippen molar-refractivity contribution in [3.63, 3.8) is 0 Å². The van der Waals surface area contributed by atoms with E-state index in [1.54, 1.807) is 30.3 Å². The molecule has 2 aromatic carbocycles. The first-order valence-corrected chi connectivity index (χ1v) is 7.70. The predicted octanol–water partition coefficient (Wildman–Crippen LogP) is 1.55. The summed E-state index contributed by atoms with van der Waals surface area (Å²) >= 11 is -2.79. The molecule has 6 nitrogen and oxygen atoms in total. The highest BCUT2D eigenvalue weighted by Gasteiger charge is 2.21. The van der Waals surface area contributed by atoms with Crippen molar-refractivity contribution in [2.24, 2.45) is 0 Å². The van der Waals surface area contributed by atoms with Crippen LogP contribution in [0.15, 0.2) is 56.6 Å². The van der Waals surface area contributed by atoms with Gasteiger partial charge in [0.15, 0.2) is 5.58 Å². The number of oxazole rings is 1. The molecule has 0 aliphatic heterocycles. The SMILES string of the molecule is O=c1oc2cc(S(=O)[O-])c(F)cc2n1[C@H](CO)c1ccccc1. The van der Waals surface area contributed by atoms with Gasteiger partial charge in [-0.3, -0.25) is 8.78 Å². The van der Waals surface area contributed by atoms with E-state index >= 15 is 0 Å². The second-order valence-electron chi connectivity index (χ2n) is 4.83. The van der Waals surface area contributed by atoms with Crippen molar-refractivity contribution in [1.82, 2.24) is 4.57 Å². The minimum Gasteiger partial charge on any atom is -0.768 e. The van der Waals surface area contributed by atoms with Gasteiger partial charge in [-0.15, -0.1) is 0 Å².